The second kappa shape index (κ2) is 9.71. The zero-order valence-electron chi connectivity index (χ0n) is 14.5. The highest BCUT2D eigenvalue weighted by atomic mass is 16.5. The van der Waals surface area contributed by atoms with Gasteiger partial charge in [-0.1, -0.05) is 24.3 Å². The minimum atomic E-state index is 0.592. The van der Waals surface area contributed by atoms with Crippen LogP contribution in [0.1, 0.15) is 25.3 Å². The number of piperidine rings is 1. The van der Waals surface area contributed by atoms with Gasteiger partial charge in [0.2, 0.25) is 0 Å². The van der Waals surface area contributed by atoms with Crippen molar-refractivity contribution in [2.75, 3.05) is 40.0 Å². The molecule has 1 aliphatic heterocycles. The van der Waals surface area contributed by atoms with Gasteiger partial charge in [0.25, 0.3) is 0 Å². The summed E-state index contributed by atoms with van der Waals surface area (Å²) in [5.41, 5.74) is 2.52. The molecule has 23 heavy (non-hydrogen) atoms. The van der Waals surface area contributed by atoms with Crippen molar-refractivity contribution in [3.63, 3.8) is 0 Å². The lowest BCUT2D eigenvalue weighted by Crippen LogP contribution is -2.42. The van der Waals surface area contributed by atoms with Crippen molar-refractivity contribution >= 4 is 0 Å². The zero-order valence-corrected chi connectivity index (χ0v) is 14.5. The molecule has 1 heterocycles. The summed E-state index contributed by atoms with van der Waals surface area (Å²) >= 11 is 0. The molecular formula is C19H30N2O2. The van der Waals surface area contributed by atoms with Crippen LogP contribution in [-0.4, -0.2) is 50.9 Å². The lowest BCUT2D eigenvalue weighted by molar-refractivity contribution is 0.146. The third-order valence-electron chi connectivity index (χ3n) is 4.13. The van der Waals surface area contributed by atoms with E-state index >= 15 is 0 Å². The molecule has 0 bridgehead atoms. The van der Waals surface area contributed by atoms with E-state index in [4.69, 9.17) is 9.47 Å². The molecule has 4 heteroatoms. The van der Waals surface area contributed by atoms with Crippen LogP contribution >= 0.6 is 0 Å². The van der Waals surface area contributed by atoms with Crippen molar-refractivity contribution in [1.82, 2.24) is 10.2 Å². The Morgan fingerprint density at radius 2 is 2.09 bits per heavy atom. The normalized spacial score (nSPS) is 16.4. The summed E-state index contributed by atoms with van der Waals surface area (Å²) < 4.78 is 10.7. The molecule has 1 fully saturated rings. The average Bonchev–Trinajstić information content (AvgIpc) is 2.54. The zero-order chi connectivity index (χ0) is 16.5. The molecule has 4 nitrogen and oxygen atoms in total. The van der Waals surface area contributed by atoms with Crippen molar-refractivity contribution in [3.8, 4) is 5.75 Å². The van der Waals surface area contributed by atoms with E-state index in [1.54, 1.807) is 7.11 Å². The first-order valence-corrected chi connectivity index (χ1v) is 8.48. The molecule has 1 saturated heterocycles. The minimum absolute atomic E-state index is 0.592. The number of nitrogens with zero attached hydrogens (tertiary/aromatic N) is 1. The number of hydrogen-bond acceptors (Lipinski definition) is 4. The predicted octanol–water partition coefficient (Wildman–Crippen LogP) is 2.84. The lowest BCUT2D eigenvalue weighted by Gasteiger charge is -2.32. The van der Waals surface area contributed by atoms with Gasteiger partial charge in [0.05, 0.1) is 6.61 Å². The van der Waals surface area contributed by atoms with Gasteiger partial charge in [-0.2, -0.15) is 0 Å². The highest BCUT2D eigenvalue weighted by Gasteiger charge is 2.18. The van der Waals surface area contributed by atoms with E-state index in [2.05, 4.69) is 41.9 Å². The molecule has 0 amide bonds. The molecule has 0 spiro atoms. The van der Waals surface area contributed by atoms with Gasteiger partial charge in [0, 0.05) is 26.2 Å². The summed E-state index contributed by atoms with van der Waals surface area (Å²) in [4.78, 5) is 2.49. The first kappa shape index (κ1) is 18.0. The van der Waals surface area contributed by atoms with E-state index < -0.39 is 0 Å². The summed E-state index contributed by atoms with van der Waals surface area (Å²) in [5.74, 6) is 0.914. The molecule has 2 rings (SSSR count). The van der Waals surface area contributed by atoms with Crippen LogP contribution in [0.2, 0.25) is 0 Å². The Bertz CT molecular complexity index is 482. The molecule has 0 radical (unpaired) electrons. The van der Waals surface area contributed by atoms with Gasteiger partial charge in [-0.05, 0) is 50.6 Å². The number of methoxy groups -OCH3 is 1. The maximum absolute atomic E-state index is 5.66. The molecule has 0 atom stereocenters. The fourth-order valence-corrected chi connectivity index (χ4v) is 2.93. The van der Waals surface area contributed by atoms with Gasteiger partial charge in [-0.3, -0.25) is 4.90 Å². The minimum Gasteiger partial charge on any atom is -0.491 e. The third kappa shape index (κ3) is 6.73. The van der Waals surface area contributed by atoms with Gasteiger partial charge < -0.3 is 14.8 Å². The smallest absolute Gasteiger partial charge is 0.119 e. The number of likely N-dealkylation sites (tertiary alicyclic amines) is 1. The van der Waals surface area contributed by atoms with Gasteiger partial charge >= 0.3 is 0 Å². The van der Waals surface area contributed by atoms with Gasteiger partial charge in [0.1, 0.15) is 12.4 Å². The van der Waals surface area contributed by atoms with Crippen molar-refractivity contribution in [2.24, 2.45) is 0 Å². The summed E-state index contributed by atoms with van der Waals surface area (Å²) in [6.45, 7) is 11.6. The molecule has 1 N–H and O–H groups in total. The van der Waals surface area contributed by atoms with E-state index in [1.807, 2.05) is 6.07 Å². The highest BCUT2D eigenvalue weighted by molar-refractivity contribution is 5.28. The number of nitrogens with one attached hydrogen (secondary N) is 1. The second-order valence-corrected chi connectivity index (χ2v) is 6.38. The van der Waals surface area contributed by atoms with Crippen LogP contribution in [0.3, 0.4) is 0 Å². The van der Waals surface area contributed by atoms with Crippen LogP contribution in [0.15, 0.2) is 36.4 Å². The van der Waals surface area contributed by atoms with E-state index in [0.29, 0.717) is 19.3 Å². The Morgan fingerprint density at radius 1 is 1.30 bits per heavy atom. The maximum Gasteiger partial charge on any atom is 0.119 e. The van der Waals surface area contributed by atoms with E-state index in [-0.39, 0.29) is 0 Å². The third-order valence-corrected chi connectivity index (χ3v) is 4.13. The summed E-state index contributed by atoms with van der Waals surface area (Å²) in [6.07, 6.45) is 2.41. The summed E-state index contributed by atoms with van der Waals surface area (Å²) in [7, 11) is 1.69. The van der Waals surface area contributed by atoms with Crippen molar-refractivity contribution < 1.29 is 9.47 Å². The molecule has 0 saturated carbocycles. The Morgan fingerprint density at radius 3 is 2.78 bits per heavy atom. The molecule has 1 aromatic carbocycles. The van der Waals surface area contributed by atoms with Gasteiger partial charge in [0.15, 0.2) is 0 Å². The predicted molar refractivity (Wildman–Crippen MR) is 94.9 cm³/mol. The van der Waals surface area contributed by atoms with Crippen LogP contribution in [0.5, 0.6) is 5.75 Å². The van der Waals surface area contributed by atoms with Crippen LogP contribution in [0.4, 0.5) is 0 Å². The maximum atomic E-state index is 5.66. The molecular weight excluding hydrogens is 288 g/mol. The van der Waals surface area contributed by atoms with E-state index in [0.717, 1.165) is 31.9 Å². The van der Waals surface area contributed by atoms with Gasteiger partial charge in [-0.15, -0.1) is 0 Å². The SMILES string of the molecule is C=C(C)CN1CCC(NCc2cccc(OCCOC)c2)CC1. The number of benzene rings is 1. The summed E-state index contributed by atoms with van der Waals surface area (Å²) in [6, 6.07) is 8.91. The molecule has 0 aliphatic carbocycles. The molecule has 1 aromatic rings. The second-order valence-electron chi connectivity index (χ2n) is 6.38. The molecule has 0 unspecified atom stereocenters. The Balaban J connectivity index is 1.72. The average molecular weight is 318 g/mol. The van der Waals surface area contributed by atoms with Crippen LogP contribution in [0, 0.1) is 0 Å². The highest BCUT2D eigenvalue weighted by Crippen LogP contribution is 2.15. The van der Waals surface area contributed by atoms with Gasteiger partial charge in [-0.25, -0.2) is 0 Å². The van der Waals surface area contributed by atoms with Crippen LogP contribution in [0.25, 0.3) is 0 Å². The Labute approximate surface area is 140 Å². The van der Waals surface area contributed by atoms with Crippen molar-refractivity contribution in [3.05, 3.63) is 42.0 Å². The fraction of sp³-hybridized carbons (Fsp3) is 0.579. The number of ether oxygens (including phenoxy) is 2. The van der Waals surface area contributed by atoms with E-state index in [1.165, 1.54) is 24.0 Å². The largest absolute Gasteiger partial charge is 0.491 e. The topological polar surface area (TPSA) is 33.7 Å². The van der Waals surface area contributed by atoms with Crippen molar-refractivity contribution in [2.45, 2.75) is 32.4 Å². The van der Waals surface area contributed by atoms with Crippen LogP contribution < -0.4 is 10.1 Å². The Kier molecular flexibility index (Phi) is 7.59. The number of rotatable bonds is 9. The molecule has 0 aromatic heterocycles. The standard InChI is InChI=1S/C19H30N2O2/c1-16(2)15-21-9-7-18(8-10-21)20-14-17-5-4-6-19(13-17)23-12-11-22-3/h4-6,13,18,20H,1,7-12,14-15H2,2-3H3. The van der Waals surface area contributed by atoms with E-state index in [9.17, 15) is 0 Å². The number of hydrogen-bond donors (Lipinski definition) is 1. The fourth-order valence-electron chi connectivity index (χ4n) is 2.93. The Hall–Kier alpha value is -1.36. The van der Waals surface area contributed by atoms with Crippen molar-refractivity contribution in [1.29, 1.82) is 0 Å². The monoisotopic (exact) mass is 318 g/mol. The quantitative estimate of drug-likeness (QED) is 0.561. The molecule has 128 valence electrons. The molecule has 1 aliphatic rings. The first-order chi connectivity index (χ1) is 11.2. The van der Waals surface area contributed by atoms with Crippen LogP contribution in [-0.2, 0) is 11.3 Å². The lowest BCUT2D eigenvalue weighted by atomic mass is 10.0. The first-order valence-electron chi connectivity index (χ1n) is 8.48. The summed E-state index contributed by atoms with van der Waals surface area (Å²) in [5, 5.41) is 3.68.